The average molecular weight is 420 g/mol. The van der Waals surface area contributed by atoms with E-state index in [9.17, 15) is 4.79 Å². The molecule has 2 unspecified atom stereocenters. The molecule has 1 saturated heterocycles. The fourth-order valence-electron chi connectivity index (χ4n) is 3.69. The van der Waals surface area contributed by atoms with Crippen LogP contribution in [0.3, 0.4) is 0 Å². The zero-order valence-corrected chi connectivity index (χ0v) is 18.1. The highest BCUT2D eigenvalue weighted by atomic mass is 35.5. The molecule has 0 aromatic heterocycles. The van der Waals surface area contributed by atoms with E-state index < -0.39 is 0 Å². The Balaban J connectivity index is 1.65. The molecule has 1 amide bonds. The Morgan fingerprint density at radius 2 is 1.82 bits per heavy atom. The zero-order valence-electron chi connectivity index (χ0n) is 16.6. The summed E-state index contributed by atoms with van der Waals surface area (Å²) in [5.74, 6) is -0.141. The van der Waals surface area contributed by atoms with Crippen molar-refractivity contribution in [2.45, 2.75) is 32.4 Å². The van der Waals surface area contributed by atoms with Crippen LogP contribution >= 0.6 is 23.2 Å². The van der Waals surface area contributed by atoms with Crippen LogP contribution in [-0.2, 0) is 6.42 Å². The van der Waals surface area contributed by atoms with Crippen molar-refractivity contribution in [2.24, 2.45) is 0 Å². The molecule has 0 aliphatic carbocycles. The van der Waals surface area contributed by atoms with Crippen molar-refractivity contribution in [1.82, 2.24) is 10.2 Å². The van der Waals surface area contributed by atoms with Crippen molar-refractivity contribution in [1.29, 1.82) is 0 Å². The van der Waals surface area contributed by atoms with Crippen LogP contribution in [0.25, 0.3) is 0 Å². The fourth-order valence-corrected chi connectivity index (χ4v) is 3.99. The number of para-hydroxylation sites is 1. The number of hydrogen-bond acceptors (Lipinski definition) is 3. The Morgan fingerprint density at radius 3 is 2.57 bits per heavy atom. The first-order valence-corrected chi connectivity index (χ1v) is 10.4. The summed E-state index contributed by atoms with van der Waals surface area (Å²) < 4.78 is 0. The third-order valence-corrected chi connectivity index (χ3v) is 6.20. The van der Waals surface area contributed by atoms with Crippen LogP contribution in [0.5, 0.6) is 0 Å². The minimum Gasteiger partial charge on any atom is -0.366 e. The maximum atomic E-state index is 12.4. The Hall–Kier alpha value is -1.75. The number of halogens is 2. The predicted octanol–water partition coefficient (Wildman–Crippen LogP) is 4.49. The minimum atomic E-state index is -0.141. The summed E-state index contributed by atoms with van der Waals surface area (Å²) >= 11 is 11.9. The number of nitrogens with zero attached hydrogens (tertiary/aromatic N) is 2. The third-order valence-electron chi connectivity index (χ3n) is 5.46. The van der Waals surface area contributed by atoms with Crippen LogP contribution in [0.15, 0.2) is 42.5 Å². The quantitative estimate of drug-likeness (QED) is 0.774. The van der Waals surface area contributed by atoms with Gasteiger partial charge >= 0.3 is 0 Å². The number of nitrogens with one attached hydrogen (secondary N) is 1. The number of likely N-dealkylation sites (N-methyl/N-ethyl adjacent to an activating group) is 1. The smallest absolute Gasteiger partial charge is 0.251 e. The van der Waals surface area contributed by atoms with E-state index in [2.05, 4.69) is 60.3 Å². The third kappa shape index (κ3) is 4.80. The summed E-state index contributed by atoms with van der Waals surface area (Å²) in [6.45, 7) is 7.14. The van der Waals surface area contributed by atoms with Gasteiger partial charge in [0.25, 0.3) is 5.91 Å². The Morgan fingerprint density at radius 1 is 1.07 bits per heavy atom. The summed E-state index contributed by atoms with van der Waals surface area (Å²) in [4.78, 5) is 17.3. The van der Waals surface area contributed by atoms with Gasteiger partial charge in [-0.2, -0.15) is 0 Å². The number of anilines is 1. The average Bonchev–Trinajstić information content (AvgIpc) is 2.67. The van der Waals surface area contributed by atoms with E-state index in [1.54, 1.807) is 18.2 Å². The topological polar surface area (TPSA) is 35.6 Å². The van der Waals surface area contributed by atoms with Gasteiger partial charge in [-0.25, -0.2) is 0 Å². The first kappa shape index (κ1) is 21.0. The van der Waals surface area contributed by atoms with Gasteiger partial charge in [-0.3, -0.25) is 9.69 Å². The summed E-state index contributed by atoms with van der Waals surface area (Å²) in [7, 11) is 2.18. The lowest BCUT2D eigenvalue weighted by Crippen LogP contribution is -2.55. The predicted molar refractivity (Wildman–Crippen MR) is 118 cm³/mol. The first-order valence-electron chi connectivity index (χ1n) is 9.65. The molecule has 2 aromatic rings. The molecule has 2 atom stereocenters. The van der Waals surface area contributed by atoms with Crippen LogP contribution < -0.4 is 10.2 Å². The number of hydrogen-bond donors (Lipinski definition) is 1. The highest BCUT2D eigenvalue weighted by molar-refractivity contribution is 6.42. The first-order chi connectivity index (χ1) is 13.4. The van der Waals surface area contributed by atoms with Crippen LogP contribution in [0, 0.1) is 0 Å². The van der Waals surface area contributed by atoms with Gasteiger partial charge in [0.2, 0.25) is 0 Å². The number of amides is 1. The van der Waals surface area contributed by atoms with Gasteiger partial charge in [-0.1, -0.05) is 41.4 Å². The summed E-state index contributed by atoms with van der Waals surface area (Å²) in [6.07, 6.45) is 0.774. The molecule has 4 nitrogen and oxygen atoms in total. The molecule has 0 radical (unpaired) electrons. The van der Waals surface area contributed by atoms with Crippen molar-refractivity contribution in [3.63, 3.8) is 0 Å². The molecule has 1 N–H and O–H groups in total. The number of carbonyl (C=O) groups excluding carboxylic acids is 1. The van der Waals surface area contributed by atoms with E-state index in [-0.39, 0.29) is 5.91 Å². The van der Waals surface area contributed by atoms with E-state index >= 15 is 0 Å². The summed E-state index contributed by atoms with van der Waals surface area (Å²) in [5, 5.41) is 3.82. The van der Waals surface area contributed by atoms with Gasteiger partial charge in [0.1, 0.15) is 0 Å². The van der Waals surface area contributed by atoms with Crippen molar-refractivity contribution >= 4 is 34.8 Å². The maximum absolute atomic E-state index is 12.4. The molecule has 28 heavy (non-hydrogen) atoms. The molecular weight excluding hydrogens is 393 g/mol. The Kier molecular flexibility index (Phi) is 6.86. The van der Waals surface area contributed by atoms with Crippen LogP contribution in [0.2, 0.25) is 10.0 Å². The molecule has 1 aliphatic heterocycles. The van der Waals surface area contributed by atoms with Gasteiger partial charge < -0.3 is 10.2 Å². The maximum Gasteiger partial charge on any atom is 0.251 e. The monoisotopic (exact) mass is 419 g/mol. The lowest BCUT2D eigenvalue weighted by atomic mass is 10.0. The van der Waals surface area contributed by atoms with Crippen LogP contribution in [0.1, 0.15) is 29.8 Å². The largest absolute Gasteiger partial charge is 0.366 e. The molecule has 6 heteroatoms. The van der Waals surface area contributed by atoms with Crippen LogP contribution in [-0.4, -0.2) is 49.6 Å². The van der Waals surface area contributed by atoms with Gasteiger partial charge in [-0.15, -0.1) is 0 Å². The van der Waals surface area contributed by atoms with Crippen molar-refractivity contribution < 1.29 is 4.79 Å². The van der Waals surface area contributed by atoms with Gasteiger partial charge in [0, 0.05) is 43.0 Å². The number of carbonyl (C=O) groups is 1. The van der Waals surface area contributed by atoms with E-state index in [4.69, 9.17) is 23.2 Å². The lowest BCUT2D eigenvalue weighted by Gasteiger charge is -2.44. The molecule has 3 rings (SSSR count). The SMILES string of the molecule is CC1CN(c2ccccc2CCNC(=O)c2ccc(Cl)c(Cl)c2)C(C)CN1C. The normalized spacial score (nSPS) is 20.2. The highest BCUT2D eigenvalue weighted by Gasteiger charge is 2.27. The minimum absolute atomic E-state index is 0.141. The second-order valence-electron chi connectivity index (χ2n) is 7.55. The molecule has 150 valence electrons. The zero-order chi connectivity index (χ0) is 20.3. The van der Waals surface area contributed by atoms with E-state index in [1.165, 1.54) is 11.3 Å². The van der Waals surface area contributed by atoms with Gasteiger partial charge in [-0.05, 0) is 57.1 Å². The number of benzene rings is 2. The van der Waals surface area contributed by atoms with E-state index in [1.807, 2.05) is 0 Å². The standard InChI is InChI=1S/C22H27Cl2N3O/c1-15-14-27(16(2)13-26(15)3)21-7-5-4-6-17(21)10-11-25-22(28)18-8-9-19(23)20(24)12-18/h4-9,12,15-16H,10-11,13-14H2,1-3H3,(H,25,28). The second-order valence-corrected chi connectivity index (χ2v) is 8.37. The summed E-state index contributed by atoms with van der Waals surface area (Å²) in [6, 6.07) is 14.4. The van der Waals surface area contributed by atoms with Gasteiger partial charge in [0.15, 0.2) is 0 Å². The molecule has 0 spiro atoms. The molecule has 2 aromatic carbocycles. The molecule has 0 bridgehead atoms. The van der Waals surface area contributed by atoms with Crippen molar-refractivity contribution in [2.75, 3.05) is 31.6 Å². The molecule has 0 saturated carbocycles. The Bertz CT molecular complexity index is 842. The van der Waals surface area contributed by atoms with E-state index in [0.717, 1.165) is 19.5 Å². The molecule has 1 aliphatic rings. The van der Waals surface area contributed by atoms with Crippen LogP contribution in [0.4, 0.5) is 5.69 Å². The highest BCUT2D eigenvalue weighted by Crippen LogP contribution is 2.27. The van der Waals surface area contributed by atoms with Crippen molar-refractivity contribution in [3.8, 4) is 0 Å². The lowest BCUT2D eigenvalue weighted by molar-refractivity contribution is 0.0954. The number of piperazine rings is 1. The second kappa shape index (κ2) is 9.17. The fraction of sp³-hybridized carbons (Fsp3) is 0.409. The summed E-state index contributed by atoms with van der Waals surface area (Å²) in [5.41, 5.74) is 3.03. The molecular formula is C22H27Cl2N3O. The Labute approximate surface area is 177 Å². The van der Waals surface area contributed by atoms with E-state index in [0.29, 0.717) is 34.2 Å². The van der Waals surface area contributed by atoms with Gasteiger partial charge in [0.05, 0.1) is 10.0 Å². The molecule has 1 heterocycles. The molecule has 1 fully saturated rings. The van der Waals surface area contributed by atoms with Crippen molar-refractivity contribution in [3.05, 3.63) is 63.6 Å². The number of rotatable bonds is 5.